The molecule has 0 aliphatic carbocycles. The van der Waals surface area contributed by atoms with Crippen LogP contribution in [0.4, 0.5) is 5.13 Å². The van der Waals surface area contributed by atoms with E-state index in [4.69, 9.17) is 8.92 Å². The van der Waals surface area contributed by atoms with Gasteiger partial charge in [-0.15, -0.1) is 0 Å². The highest BCUT2D eigenvalue weighted by atomic mass is 32.2. The van der Waals surface area contributed by atoms with E-state index in [-0.39, 0.29) is 32.0 Å². The Morgan fingerprint density at radius 2 is 1.74 bits per heavy atom. The standard InChI is InChI=1S/C25H19N3O7S3/c1-34-22-13-16(8-11-21(22)35-38(32,33)18-6-4-3-5-7-18)12-17(15-26)24(29)28-25-27-20-10-9-19(37(2,30)31)14-23(20)36-25/h3-14H,1-2H3,(H,27,28,29)/b17-12+. The van der Waals surface area contributed by atoms with Gasteiger partial charge in [0.25, 0.3) is 5.91 Å². The number of thiazole rings is 1. The molecular formula is C25H19N3O7S3. The van der Waals surface area contributed by atoms with E-state index in [1.54, 1.807) is 18.2 Å². The van der Waals surface area contributed by atoms with Gasteiger partial charge in [0.15, 0.2) is 26.5 Å². The van der Waals surface area contributed by atoms with Gasteiger partial charge in [-0.25, -0.2) is 13.4 Å². The van der Waals surface area contributed by atoms with Crippen molar-refractivity contribution in [2.24, 2.45) is 0 Å². The van der Waals surface area contributed by atoms with Gasteiger partial charge >= 0.3 is 10.1 Å². The summed E-state index contributed by atoms with van der Waals surface area (Å²) < 4.78 is 59.7. The number of nitrogens with one attached hydrogen (secondary N) is 1. The van der Waals surface area contributed by atoms with Crippen LogP contribution in [0.3, 0.4) is 0 Å². The van der Waals surface area contributed by atoms with E-state index in [2.05, 4.69) is 10.3 Å². The van der Waals surface area contributed by atoms with Crippen molar-refractivity contribution in [3.63, 3.8) is 0 Å². The van der Waals surface area contributed by atoms with E-state index < -0.39 is 25.9 Å². The van der Waals surface area contributed by atoms with Crippen molar-refractivity contribution in [2.75, 3.05) is 18.7 Å². The molecule has 0 saturated heterocycles. The number of rotatable bonds is 8. The molecule has 38 heavy (non-hydrogen) atoms. The molecule has 3 aromatic carbocycles. The Morgan fingerprint density at radius 3 is 2.39 bits per heavy atom. The molecule has 0 unspecified atom stereocenters. The molecule has 0 saturated carbocycles. The Bertz CT molecular complexity index is 1820. The van der Waals surface area contributed by atoms with Gasteiger partial charge in [0.05, 0.1) is 22.2 Å². The molecule has 1 amide bonds. The van der Waals surface area contributed by atoms with Crippen molar-refractivity contribution in [3.05, 3.63) is 77.9 Å². The van der Waals surface area contributed by atoms with Gasteiger partial charge in [-0.05, 0) is 54.1 Å². The van der Waals surface area contributed by atoms with Gasteiger partial charge in [0, 0.05) is 6.26 Å². The number of hydrogen-bond donors (Lipinski definition) is 1. The number of aromatic nitrogens is 1. The van der Waals surface area contributed by atoms with E-state index in [0.717, 1.165) is 17.6 Å². The molecule has 4 rings (SSSR count). The maximum atomic E-state index is 12.8. The predicted octanol–water partition coefficient (Wildman–Crippen LogP) is 4.02. The normalized spacial score (nSPS) is 12.1. The maximum absolute atomic E-state index is 12.8. The van der Waals surface area contributed by atoms with Gasteiger partial charge < -0.3 is 8.92 Å². The Kier molecular flexibility index (Phi) is 7.49. The Hall–Kier alpha value is -4.25. The monoisotopic (exact) mass is 569 g/mol. The van der Waals surface area contributed by atoms with Crippen LogP contribution in [0.1, 0.15) is 5.56 Å². The summed E-state index contributed by atoms with van der Waals surface area (Å²) in [6.45, 7) is 0. The Labute approximate surface area is 222 Å². The lowest BCUT2D eigenvalue weighted by molar-refractivity contribution is -0.112. The van der Waals surface area contributed by atoms with Crippen LogP contribution in [-0.4, -0.2) is 41.1 Å². The summed E-state index contributed by atoms with van der Waals surface area (Å²) in [6.07, 6.45) is 2.39. The second-order valence-corrected chi connectivity index (χ2v) is 12.4. The quantitative estimate of drug-likeness (QED) is 0.188. The molecule has 0 aliphatic heterocycles. The number of methoxy groups -OCH3 is 1. The zero-order valence-corrected chi connectivity index (χ0v) is 22.4. The molecule has 0 atom stereocenters. The number of ether oxygens (including phenoxy) is 1. The second-order valence-electron chi connectivity index (χ2n) is 7.81. The summed E-state index contributed by atoms with van der Waals surface area (Å²) >= 11 is 1.06. The van der Waals surface area contributed by atoms with Crippen LogP contribution < -0.4 is 14.2 Å². The zero-order valence-electron chi connectivity index (χ0n) is 19.9. The maximum Gasteiger partial charge on any atom is 0.339 e. The number of amides is 1. The lowest BCUT2D eigenvalue weighted by Gasteiger charge is -2.11. The molecule has 4 aromatic rings. The van der Waals surface area contributed by atoms with Crippen LogP contribution in [0.15, 0.2) is 82.1 Å². The molecular weight excluding hydrogens is 550 g/mol. The number of fused-ring (bicyclic) bond motifs is 1. The first-order chi connectivity index (χ1) is 18.0. The smallest absolute Gasteiger partial charge is 0.339 e. The van der Waals surface area contributed by atoms with E-state index in [1.165, 1.54) is 61.7 Å². The number of benzene rings is 3. The molecule has 0 aliphatic rings. The lowest BCUT2D eigenvalue weighted by atomic mass is 10.1. The van der Waals surface area contributed by atoms with Gasteiger partial charge in [-0.1, -0.05) is 35.6 Å². The largest absolute Gasteiger partial charge is 0.493 e. The highest BCUT2D eigenvalue weighted by Gasteiger charge is 2.20. The van der Waals surface area contributed by atoms with Crippen molar-refractivity contribution in [3.8, 4) is 17.6 Å². The Balaban J connectivity index is 1.56. The minimum atomic E-state index is -4.11. The number of anilines is 1. The topological polar surface area (TPSA) is 153 Å². The SMILES string of the molecule is COc1cc(/C=C(\C#N)C(=O)Nc2nc3ccc(S(C)(=O)=O)cc3s2)ccc1OS(=O)(=O)c1ccccc1. The third kappa shape index (κ3) is 6.00. The number of nitrogens with zero attached hydrogens (tertiary/aromatic N) is 2. The zero-order chi connectivity index (χ0) is 27.5. The van der Waals surface area contributed by atoms with E-state index in [9.17, 15) is 26.9 Å². The fourth-order valence-corrected chi connectivity index (χ4v) is 5.85. The van der Waals surface area contributed by atoms with Crippen LogP contribution in [0, 0.1) is 11.3 Å². The fourth-order valence-electron chi connectivity index (χ4n) is 3.27. The minimum Gasteiger partial charge on any atom is -0.493 e. The van der Waals surface area contributed by atoms with Crippen molar-refractivity contribution >= 4 is 58.6 Å². The minimum absolute atomic E-state index is 0.0307. The molecule has 0 radical (unpaired) electrons. The van der Waals surface area contributed by atoms with E-state index in [1.807, 2.05) is 6.07 Å². The first kappa shape index (κ1) is 26.8. The van der Waals surface area contributed by atoms with Gasteiger partial charge in [-0.3, -0.25) is 10.1 Å². The third-order valence-corrected chi connectivity index (χ3v) is 8.40. The van der Waals surface area contributed by atoms with Crippen molar-refractivity contribution in [1.29, 1.82) is 5.26 Å². The summed E-state index contributed by atoms with van der Waals surface area (Å²) in [4.78, 5) is 17.1. The molecule has 1 N–H and O–H groups in total. The molecule has 10 nitrogen and oxygen atoms in total. The summed E-state index contributed by atoms with van der Waals surface area (Å²) in [5, 5.41) is 12.3. The van der Waals surface area contributed by atoms with Gasteiger partial charge in [-0.2, -0.15) is 13.7 Å². The number of hydrogen-bond acceptors (Lipinski definition) is 10. The molecule has 1 heterocycles. The number of carbonyl (C=O) groups is 1. The van der Waals surface area contributed by atoms with Crippen LogP contribution in [0.5, 0.6) is 11.5 Å². The molecule has 13 heteroatoms. The summed E-state index contributed by atoms with van der Waals surface area (Å²) in [5.74, 6) is -0.732. The molecule has 194 valence electrons. The summed E-state index contributed by atoms with van der Waals surface area (Å²) in [6, 6.07) is 18.1. The van der Waals surface area contributed by atoms with Crippen molar-refractivity contribution in [2.45, 2.75) is 9.79 Å². The van der Waals surface area contributed by atoms with Crippen LogP contribution in [0.25, 0.3) is 16.3 Å². The highest BCUT2D eigenvalue weighted by Crippen LogP contribution is 2.32. The lowest BCUT2D eigenvalue weighted by Crippen LogP contribution is -2.13. The van der Waals surface area contributed by atoms with E-state index >= 15 is 0 Å². The van der Waals surface area contributed by atoms with Crippen LogP contribution in [-0.2, 0) is 24.7 Å². The Morgan fingerprint density at radius 1 is 1.00 bits per heavy atom. The number of carbonyl (C=O) groups excluding carboxylic acids is 1. The molecule has 0 spiro atoms. The fraction of sp³-hybridized carbons (Fsp3) is 0.0800. The third-order valence-electron chi connectivity index (χ3n) is 5.10. The molecule has 0 bridgehead atoms. The molecule has 1 aromatic heterocycles. The first-order valence-corrected chi connectivity index (χ1v) is 14.8. The van der Waals surface area contributed by atoms with Crippen LogP contribution >= 0.6 is 11.3 Å². The van der Waals surface area contributed by atoms with E-state index in [0.29, 0.717) is 15.8 Å². The second kappa shape index (κ2) is 10.6. The number of sulfone groups is 1. The average Bonchev–Trinajstić information content (AvgIpc) is 3.29. The van der Waals surface area contributed by atoms with Crippen molar-refractivity contribution in [1.82, 2.24) is 4.98 Å². The van der Waals surface area contributed by atoms with Gasteiger partial charge in [0.1, 0.15) is 16.5 Å². The predicted molar refractivity (Wildman–Crippen MR) is 142 cm³/mol. The first-order valence-electron chi connectivity index (χ1n) is 10.7. The summed E-state index contributed by atoms with van der Waals surface area (Å²) in [7, 11) is -6.19. The van der Waals surface area contributed by atoms with Crippen LogP contribution in [0.2, 0.25) is 0 Å². The van der Waals surface area contributed by atoms with Crippen molar-refractivity contribution < 1.29 is 30.6 Å². The highest BCUT2D eigenvalue weighted by molar-refractivity contribution is 7.90. The van der Waals surface area contributed by atoms with Gasteiger partial charge in [0.2, 0.25) is 0 Å². The average molecular weight is 570 g/mol. The number of nitriles is 1. The summed E-state index contributed by atoms with van der Waals surface area (Å²) in [5.41, 5.74) is 0.611. The molecule has 0 fully saturated rings.